The minimum Gasteiger partial charge on any atom is -0.497 e. The van der Waals surface area contributed by atoms with Crippen molar-refractivity contribution in [2.45, 2.75) is 37.9 Å². The van der Waals surface area contributed by atoms with Crippen molar-refractivity contribution in [2.24, 2.45) is 0 Å². The van der Waals surface area contributed by atoms with Crippen molar-refractivity contribution in [3.05, 3.63) is 136 Å². The molecule has 242 valence electrons. The van der Waals surface area contributed by atoms with E-state index in [1.54, 1.807) is 49.7 Å². The van der Waals surface area contributed by atoms with E-state index in [4.69, 9.17) is 27.9 Å². The summed E-state index contributed by atoms with van der Waals surface area (Å²) in [4.78, 5) is 31.5. The van der Waals surface area contributed by atoms with Crippen LogP contribution in [-0.4, -0.2) is 36.6 Å². The first-order valence-electron chi connectivity index (χ1n) is 15.4. The van der Waals surface area contributed by atoms with E-state index >= 15 is 0 Å². The monoisotopic (exact) mass is 669 g/mol. The number of fused-ring (bicyclic) bond motifs is 1. The molecule has 0 aliphatic carbocycles. The predicted molar refractivity (Wildman–Crippen MR) is 189 cm³/mol. The molecular weight excluding hydrogens is 633 g/mol. The van der Waals surface area contributed by atoms with Crippen LogP contribution in [-0.2, 0) is 4.79 Å². The van der Waals surface area contributed by atoms with Crippen molar-refractivity contribution in [1.82, 2.24) is 20.9 Å². The molecule has 1 aromatic heterocycles. The summed E-state index contributed by atoms with van der Waals surface area (Å²) in [5, 5.41) is 14.6. The molecule has 8 nitrogen and oxygen atoms in total. The Morgan fingerprint density at radius 2 is 1.47 bits per heavy atom. The molecule has 0 aliphatic rings. The number of nitrogens with zero attached hydrogens (tertiary/aromatic N) is 1. The van der Waals surface area contributed by atoms with Crippen LogP contribution in [0.25, 0.3) is 10.9 Å². The topological polar surface area (TPSA) is 104 Å². The smallest absolute Gasteiger partial charge is 0.315 e. The maximum Gasteiger partial charge on any atom is 0.315 e. The zero-order chi connectivity index (χ0) is 33.2. The van der Waals surface area contributed by atoms with Crippen molar-refractivity contribution in [3.63, 3.8) is 0 Å². The number of urea groups is 1. The van der Waals surface area contributed by atoms with Crippen molar-refractivity contribution < 1.29 is 14.3 Å². The van der Waals surface area contributed by atoms with E-state index in [2.05, 4.69) is 33.2 Å². The van der Waals surface area contributed by atoms with Gasteiger partial charge in [0.15, 0.2) is 0 Å². The third-order valence-electron chi connectivity index (χ3n) is 7.78. The third-order valence-corrected chi connectivity index (χ3v) is 8.28. The summed E-state index contributed by atoms with van der Waals surface area (Å²) < 4.78 is 5.46. The Morgan fingerprint density at radius 3 is 2.15 bits per heavy atom. The Balaban J connectivity index is 1.22. The minimum absolute atomic E-state index is 0.104. The van der Waals surface area contributed by atoms with Gasteiger partial charge < -0.3 is 26.0 Å². The van der Waals surface area contributed by atoms with Gasteiger partial charge >= 0.3 is 6.03 Å². The van der Waals surface area contributed by atoms with Crippen LogP contribution >= 0.6 is 23.2 Å². The Morgan fingerprint density at radius 1 is 0.809 bits per heavy atom. The van der Waals surface area contributed by atoms with Crippen molar-refractivity contribution in [1.29, 1.82) is 0 Å². The average Bonchev–Trinajstić information content (AvgIpc) is 3.09. The van der Waals surface area contributed by atoms with E-state index in [1.807, 2.05) is 66.7 Å². The van der Waals surface area contributed by atoms with Gasteiger partial charge in [-0.3, -0.25) is 9.78 Å². The number of methoxy groups -OCH3 is 1. The molecule has 0 fully saturated rings. The number of ether oxygens (including phenoxy) is 1. The number of amides is 3. The fourth-order valence-corrected chi connectivity index (χ4v) is 5.62. The summed E-state index contributed by atoms with van der Waals surface area (Å²) in [7, 11) is 1.64. The third kappa shape index (κ3) is 9.15. The van der Waals surface area contributed by atoms with Gasteiger partial charge in [0.05, 0.1) is 24.4 Å². The number of anilines is 1. The van der Waals surface area contributed by atoms with Crippen LogP contribution in [0, 0.1) is 0 Å². The Hall–Kier alpha value is -4.79. The fourth-order valence-electron chi connectivity index (χ4n) is 5.36. The highest BCUT2D eigenvalue weighted by molar-refractivity contribution is 6.30. The number of aromatic nitrogens is 1. The normalized spacial score (nSPS) is 12.9. The summed E-state index contributed by atoms with van der Waals surface area (Å²) >= 11 is 12.3. The average molecular weight is 671 g/mol. The molecule has 4 N–H and O–H groups in total. The molecule has 0 spiro atoms. The van der Waals surface area contributed by atoms with Crippen LogP contribution in [0.2, 0.25) is 10.0 Å². The lowest BCUT2D eigenvalue weighted by atomic mass is 9.97. The van der Waals surface area contributed by atoms with Gasteiger partial charge in [-0.15, -0.1) is 0 Å². The first kappa shape index (κ1) is 33.6. The summed E-state index contributed by atoms with van der Waals surface area (Å²) in [6.45, 7) is 2.50. The number of nitrogens with one attached hydrogen (secondary N) is 4. The molecular formula is C37H37Cl2N5O3. The van der Waals surface area contributed by atoms with Gasteiger partial charge in [-0.05, 0) is 72.9 Å². The molecule has 0 aliphatic heterocycles. The number of hydrogen-bond acceptors (Lipinski definition) is 5. The van der Waals surface area contributed by atoms with Gasteiger partial charge in [0, 0.05) is 40.3 Å². The zero-order valence-electron chi connectivity index (χ0n) is 26.2. The Kier molecular flexibility index (Phi) is 11.5. The Labute approximate surface area is 284 Å². The van der Waals surface area contributed by atoms with E-state index in [1.165, 1.54) is 0 Å². The molecule has 5 rings (SSSR count). The van der Waals surface area contributed by atoms with Crippen LogP contribution in [0.3, 0.4) is 0 Å². The second kappa shape index (κ2) is 16.2. The van der Waals surface area contributed by atoms with Crippen molar-refractivity contribution in [3.8, 4) is 5.75 Å². The van der Waals surface area contributed by atoms with Crippen LogP contribution in [0.4, 0.5) is 10.5 Å². The van der Waals surface area contributed by atoms with Gasteiger partial charge in [-0.2, -0.15) is 0 Å². The largest absolute Gasteiger partial charge is 0.497 e. The summed E-state index contributed by atoms with van der Waals surface area (Å²) in [5.74, 6) is 0.379. The predicted octanol–water partition coefficient (Wildman–Crippen LogP) is 8.08. The van der Waals surface area contributed by atoms with Crippen LogP contribution < -0.4 is 26.0 Å². The van der Waals surface area contributed by atoms with Crippen LogP contribution in [0.5, 0.6) is 5.75 Å². The maximum absolute atomic E-state index is 13.9. The molecule has 3 amide bonds. The Bertz CT molecular complexity index is 1790. The number of hydrogen-bond donors (Lipinski definition) is 4. The van der Waals surface area contributed by atoms with Gasteiger partial charge in [0.1, 0.15) is 11.8 Å². The van der Waals surface area contributed by atoms with Gasteiger partial charge in [0.2, 0.25) is 5.91 Å². The van der Waals surface area contributed by atoms with E-state index in [0.29, 0.717) is 28.6 Å². The molecule has 0 radical (unpaired) electrons. The summed E-state index contributed by atoms with van der Waals surface area (Å²) in [6, 6.07) is 29.8. The summed E-state index contributed by atoms with van der Waals surface area (Å²) in [5.41, 5.74) is 4.11. The molecule has 5 aromatic rings. The molecule has 10 heteroatoms. The number of benzene rings is 4. The molecule has 0 saturated heterocycles. The summed E-state index contributed by atoms with van der Waals surface area (Å²) in [6.07, 6.45) is 3.26. The molecule has 0 bridgehead atoms. The maximum atomic E-state index is 13.9. The zero-order valence-corrected chi connectivity index (χ0v) is 27.7. The van der Waals surface area contributed by atoms with E-state index < -0.39 is 18.1 Å². The molecule has 4 aromatic carbocycles. The van der Waals surface area contributed by atoms with E-state index in [-0.39, 0.29) is 11.9 Å². The van der Waals surface area contributed by atoms with Gasteiger partial charge in [-0.1, -0.05) is 83.9 Å². The highest BCUT2D eigenvalue weighted by Crippen LogP contribution is 2.29. The van der Waals surface area contributed by atoms with Crippen molar-refractivity contribution >= 4 is 51.7 Å². The van der Waals surface area contributed by atoms with E-state index in [9.17, 15) is 9.59 Å². The first-order valence-corrected chi connectivity index (χ1v) is 16.2. The second-order valence-electron chi connectivity index (χ2n) is 11.2. The van der Waals surface area contributed by atoms with Gasteiger partial charge in [0.25, 0.3) is 0 Å². The lowest BCUT2D eigenvalue weighted by Gasteiger charge is -2.25. The molecule has 3 atom stereocenters. The minimum atomic E-state index is -0.972. The fraction of sp³-hybridized carbons (Fsp3) is 0.216. The highest BCUT2D eigenvalue weighted by Gasteiger charge is 2.26. The quantitative estimate of drug-likeness (QED) is 0.0949. The van der Waals surface area contributed by atoms with Crippen molar-refractivity contribution in [2.75, 3.05) is 19.0 Å². The second-order valence-corrected chi connectivity index (χ2v) is 12.1. The highest BCUT2D eigenvalue weighted by atomic mass is 35.5. The number of carbonyl (C=O) groups is 2. The van der Waals surface area contributed by atoms with E-state index in [0.717, 1.165) is 39.9 Å². The molecule has 47 heavy (non-hydrogen) atoms. The first-order chi connectivity index (χ1) is 22.8. The number of halogens is 2. The lowest BCUT2D eigenvalue weighted by Crippen LogP contribution is -2.45. The molecule has 1 heterocycles. The number of pyridine rings is 1. The lowest BCUT2D eigenvalue weighted by molar-refractivity contribution is -0.123. The van der Waals surface area contributed by atoms with Gasteiger partial charge in [-0.25, -0.2) is 4.79 Å². The SMILES string of the molecule is COc1cc(NC(C)CCCNC(=O)NC(C(=O)NC(c2ccccc2)c2ccc(Cl)cc2)c2ccc(Cl)cc2)c2ncccc2c1. The standard InChI is InChI=1S/C37H37Cl2N5O3/c1-24(42-32-23-31(47-2)22-28-11-7-20-40-34(28)32)8-6-21-41-37(46)44-35(27-14-18-30(39)19-15-27)36(45)43-33(25-9-4-3-5-10-25)26-12-16-29(38)17-13-26/h3-5,7,9-20,22-24,33,35,42H,6,8,21H2,1-2H3,(H,43,45)(H2,41,44,46). The van der Waals surface area contributed by atoms with Crippen LogP contribution in [0.15, 0.2) is 109 Å². The number of rotatable bonds is 13. The molecule has 0 saturated carbocycles. The number of carbonyl (C=O) groups excluding carboxylic acids is 2. The molecule has 3 unspecified atom stereocenters. The van der Waals surface area contributed by atoms with Crippen LogP contribution in [0.1, 0.15) is 48.5 Å².